The van der Waals surface area contributed by atoms with Crippen molar-refractivity contribution in [3.8, 4) is 39.5 Å². The van der Waals surface area contributed by atoms with Crippen molar-refractivity contribution in [2.75, 3.05) is 27.2 Å². The number of imidazole rings is 1. The molecule has 0 spiro atoms. The molecule has 6 heterocycles. The second-order valence-corrected chi connectivity index (χ2v) is 8.41. The number of aromatic nitrogens is 7. The van der Waals surface area contributed by atoms with Gasteiger partial charge in [0, 0.05) is 47.4 Å². The van der Waals surface area contributed by atoms with Crippen LogP contribution in [0, 0.1) is 0 Å². The van der Waals surface area contributed by atoms with Crippen LogP contribution in [0.1, 0.15) is 0 Å². The van der Waals surface area contributed by atoms with Gasteiger partial charge in [-0.25, -0.2) is 15.0 Å². The highest BCUT2D eigenvalue weighted by Gasteiger charge is 2.17. The van der Waals surface area contributed by atoms with Crippen LogP contribution in [0.3, 0.4) is 0 Å². The monoisotopic (exact) mass is 466 g/mol. The summed E-state index contributed by atoms with van der Waals surface area (Å²) in [7, 11) is 4.02. The summed E-state index contributed by atoms with van der Waals surface area (Å²) in [4.78, 5) is 23.5. The molecule has 0 aliphatic heterocycles. The molecule has 35 heavy (non-hydrogen) atoms. The number of furan rings is 1. The molecule has 2 N–H and O–H groups in total. The van der Waals surface area contributed by atoms with E-state index < -0.39 is 0 Å². The number of hydrogen-bond acceptors (Lipinski definition) is 8. The van der Waals surface area contributed by atoms with E-state index in [4.69, 9.17) is 14.1 Å². The molecule has 6 rings (SSSR count). The van der Waals surface area contributed by atoms with E-state index in [0.717, 1.165) is 45.4 Å². The third-order valence-corrected chi connectivity index (χ3v) is 5.72. The maximum atomic E-state index is 5.85. The highest BCUT2D eigenvalue weighted by Crippen LogP contribution is 2.32. The van der Waals surface area contributed by atoms with E-state index in [1.54, 1.807) is 37.3 Å². The summed E-state index contributed by atoms with van der Waals surface area (Å²) < 4.78 is 11.1. The molecule has 0 saturated heterocycles. The topological polar surface area (TPSA) is 122 Å². The molecule has 6 aromatic rings. The Hall–Kier alpha value is -4.57. The Morgan fingerprint density at radius 3 is 2.77 bits per heavy atom. The van der Waals surface area contributed by atoms with Gasteiger partial charge in [0.05, 0.1) is 29.6 Å². The number of rotatable bonds is 7. The molecular weight excluding hydrogens is 444 g/mol. The van der Waals surface area contributed by atoms with Crippen molar-refractivity contribution in [2.45, 2.75) is 0 Å². The fourth-order valence-corrected chi connectivity index (χ4v) is 3.93. The molecule has 0 radical (unpaired) electrons. The number of pyridine rings is 3. The van der Waals surface area contributed by atoms with Crippen LogP contribution in [0.25, 0.3) is 56.0 Å². The largest absolute Gasteiger partial charge is 0.491 e. The van der Waals surface area contributed by atoms with Crippen molar-refractivity contribution >= 4 is 22.2 Å². The van der Waals surface area contributed by atoms with Crippen LogP contribution < -0.4 is 4.74 Å². The molecule has 0 bridgehead atoms. The standard InChI is InChI=1S/C25H22N8O2/c1-33(2)6-8-35-18-9-16(11-26-13-18)17-10-20-22(31-32-23(20)28-12-17)25-29-21-19(15-4-7-34-14-15)3-5-27-24(21)30-25/h3-5,7,9-14H,6,8H2,1-2H3,(H,27,29,30)(H,28,31,32). The predicted octanol–water partition coefficient (Wildman–Crippen LogP) is 4.16. The average Bonchev–Trinajstić information content (AvgIpc) is 3.62. The van der Waals surface area contributed by atoms with Gasteiger partial charge in [0.1, 0.15) is 18.1 Å². The number of fused-ring (bicyclic) bond motifs is 2. The molecule has 0 amide bonds. The second kappa shape index (κ2) is 8.65. The van der Waals surface area contributed by atoms with E-state index in [-0.39, 0.29) is 0 Å². The molecule has 10 nitrogen and oxygen atoms in total. The Balaban J connectivity index is 1.38. The van der Waals surface area contributed by atoms with E-state index in [1.165, 1.54) is 0 Å². The Morgan fingerprint density at radius 2 is 1.91 bits per heavy atom. The molecule has 0 fully saturated rings. The second-order valence-electron chi connectivity index (χ2n) is 8.41. The fourth-order valence-electron chi connectivity index (χ4n) is 3.93. The fraction of sp³-hybridized carbons (Fsp3) is 0.160. The Labute approximate surface area is 200 Å². The van der Waals surface area contributed by atoms with Crippen LogP contribution in [-0.2, 0) is 0 Å². The van der Waals surface area contributed by atoms with Gasteiger partial charge in [0.25, 0.3) is 0 Å². The van der Waals surface area contributed by atoms with Crippen LogP contribution in [0.5, 0.6) is 5.75 Å². The normalized spacial score (nSPS) is 11.6. The number of nitrogens with zero attached hydrogens (tertiary/aromatic N) is 6. The van der Waals surface area contributed by atoms with Crippen LogP contribution in [0.15, 0.2) is 66.0 Å². The lowest BCUT2D eigenvalue weighted by atomic mass is 10.1. The van der Waals surface area contributed by atoms with Gasteiger partial charge in [-0.1, -0.05) is 0 Å². The molecule has 0 aliphatic rings. The molecule has 174 valence electrons. The summed E-state index contributed by atoms with van der Waals surface area (Å²) in [6, 6.07) is 7.83. The smallest absolute Gasteiger partial charge is 0.181 e. The summed E-state index contributed by atoms with van der Waals surface area (Å²) >= 11 is 0. The first-order valence-corrected chi connectivity index (χ1v) is 11.1. The zero-order valence-electron chi connectivity index (χ0n) is 19.2. The van der Waals surface area contributed by atoms with Crippen molar-refractivity contribution in [3.05, 3.63) is 61.6 Å². The minimum absolute atomic E-state index is 0.586. The van der Waals surface area contributed by atoms with Gasteiger partial charge >= 0.3 is 0 Å². The molecule has 0 saturated carbocycles. The van der Waals surface area contributed by atoms with Crippen molar-refractivity contribution in [1.29, 1.82) is 0 Å². The van der Waals surface area contributed by atoms with Gasteiger partial charge < -0.3 is 19.0 Å². The molecule has 10 heteroatoms. The number of likely N-dealkylation sites (N-methyl/N-ethyl adjacent to an activating group) is 1. The number of ether oxygens (including phenoxy) is 1. The van der Waals surface area contributed by atoms with Crippen molar-refractivity contribution in [1.82, 2.24) is 40.0 Å². The van der Waals surface area contributed by atoms with Gasteiger partial charge in [-0.05, 0) is 38.4 Å². The summed E-state index contributed by atoms with van der Waals surface area (Å²) in [5, 5.41) is 8.28. The van der Waals surface area contributed by atoms with E-state index in [1.807, 2.05) is 38.4 Å². The maximum Gasteiger partial charge on any atom is 0.181 e. The predicted molar refractivity (Wildman–Crippen MR) is 132 cm³/mol. The number of hydrogen-bond donors (Lipinski definition) is 2. The third kappa shape index (κ3) is 4.00. The van der Waals surface area contributed by atoms with Crippen molar-refractivity contribution in [3.63, 3.8) is 0 Å². The Kier molecular flexibility index (Phi) is 5.19. The van der Waals surface area contributed by atoms with E-state index >= 15 is 0 Å². The number of H-pyrrole nitrogens is 2. The van der Waals surface area contributed by atoms with E-state index in [9.17, 15) is 0 Å². The van der Waals surface area contributed by atoms with Crippen molar-refractivity contribution in [2.24, 2.45) is 0 Å². The zero-order valence-corrected chi connectivity index (χ0v) is 19.2. The van der Waals surface area contributed by atoms with Crippen LogP contribution in [0.4, 0.5) is 0 Å². The maximum absolute atomic E-state index is 5.85. The van der Waals surface area contributed by atoms with E-state index in [2.05, 4.69) is 35.0 Å². The summed E-state index contributed by atoms with van der Waals surface area (Å²) in [5.41, 5.74) is 6.48. The van der Waals surface area contributed by atoms with Crippen LogP contribution >= 0.6 is 0 Å². The lowest BCUT2D eigenvalue weighted by molar-refractivity contribution is 0.261. The minimum Gasteiger partial charge on any atom is -0.491 e. The Bertz CT molecular complexity index is 1620. The lowest BCUT2D eigenvalue weighted by Gasteiger charge is -2.11. The molecular formula is C25H22N8O2. The van der Waals surface area contributed by atoms with Gasteiger partial charge in [-0.15, -0.1) is 0 Å². The first kappa shape index (κ1) is 21.0. The highest BCUT2D eigenvalue weighted by molar-refractivity contribution is 5.95. The zero-order chi connectivity index (χ0) is 23.8. The quantitative estimate of drug-likeness (QED) is 0.360. The average molecular weight is 467 g/mol. The summed E-state index contributed by atoms with van der Waals surface area (Å²) in [5.74, 6) is 1.34. The molecule has 0 atom stereocenters. The van der Waals surface area contributed by atoms with Gasteiger partial charge in [0.15, 0.2) is 17.1 Å². The highest BCUT2D eigenvalue weighted by atomic mass is 16.5. The number of aromatic amines is 2. The third-order valence-electron chi connectivity index (χ3n) is 5.72. The van der Waals surface area contributed by atoms with Crippen LogP contribution in [-0.4, -0.2) is 67.3 Å². The van der Waals surface area contributed by atoms with Gasteiger partial charge in [-0.3, -0.25) is 10.1 Å². The van der Waals surface area contributed by atoms with Gasteiger partial charge in [0.2, 0.25) is 0 Å². The van der Waals surface area contributed by atoms with E-state index in [0.29, 0.717) is 29.5 Å². The van der Waals surface area contributed by atoms with Gasteiger partial charge in [-0.2, -0.15) is 5.10 Å². The molecule has 0 unspecified atom stereocenters. The first-order chi connectivity index (χ1) is 17.2. The van der Waals surface area contributed by atoms with Crippen molar-refractivity contribution < 1.29 is 9.15 Å². The first-order valence-electron chi connectivity index (χ1n) is 11.1. The molecule has 6 aromatic heterocycles. The number of nitrogens with one attached hydrogen (secondary N) is 2. The SMILES string of the molecule is CN(C)CCOc1cncc(-c2cnc3n[nH]c(-c4nc5nccc(-c6ccoc6)c5[nH]4)c3c2)c1. The Morgan fingerprint density at radius 1 is 1.00 bits per heavy atom. The lowest BCUT2D eigenvalue weighted by Crippen LogP contribution is -2.19. The molecule has 0 aliphatic carbocycles. The summed E-state index contributed by atoms with van der Waals surface area (Å²) in [6.45, 7) is 1.41. The summed E-state index contributed by atoms with van der Waals surface area (Å²) in [6.07, 6.45) is 10.4. The molecule has 0 aromatic carbocycles. The minimum atomic E-state index is 0.586. The van der Waals surface area contributed by atoms with Crippen LogP contribution in [0.2, 0.25) is 0 Å².